The van der Waals surface area contributed by atoms with E-state index in [1.54, 1.807) is 0 Å². The summed E-state index contributed by atoms with van der Waals surface area (Å²) in [5, 5.41) is 0. The largest absolute Gasteiger partial charge is 0.368 e. The third-order valence-corrected chi connectivity index (χ3v) is 3.90. The monoisotopic (exact) mass is 226 g/mol. The van der Waals surface area contributed by atoms with E-state index < -0.39 is 0 Å². The van der Waals surface area contributed by atoms with E-state index in [0.29, 0.717) is 5.92 Å². The summed E-state index contributed by atoms with van der Waals surface area (Å²) in [4.78, 5) is 13.7. The lowest BCUT2D eigenvalue weighted by molar-refractivity contribution is -0.132. The minimum Gasteiger partial charge on any atom is -0.368 e. The van der Waals surface area contributed by atoms with Gasteiger partial charge in [-0.15, -0.1) is 0 Å². The zero-order chi connectivity index (χ0) is 11.8. The van der Waals surface area contributed by atoms with Gasteiger partial charge in [-0.1, -0.05) is 13.3 Å². The summed E-state index contributed by atoms with van der Waals surface area (Å²) in [6, 6.07) is 0.253. The van der Waals surface area contributed by atoms with Crippen molar-refractivity contribution in [2.45, 2.75) is 44.8 Å². The van der Waals surface area contributed by atoms with E-state index >= 15 is 0 Å². The predicted molar refractivity (Wildman–Crippen MR) is 61.9 cm³/mol. The summed E-state index contributed by atoms with van der Waals surface area (Å²) in [6.45, 7) is 6.06. The maximum Gasteiger partial charge on any atom is 0.236 e. The third-order valence-electron chi connectivity index (χ3n) is 3.90. The quantitative estimate of drug-likeness (QED) is 0.720. The molecular formula is C12H22N2O2. The molecule has 2 N–H and O–H groups in total. The van der Waals surface area contributed by atoms with Crippen LogP contribution < -0.4 is 5.73 Å². The van der Waals surface area contributed by atoms with Gasteiger partial charge in [0.1, 0.15) is 5.60 Å². The van der Waals surface area contributed by atoms with Crippen LogP contribution in [0.25, 0.3) is 0 Å². The Balaban J connectivity index is 2.12. The molecular weight excluding hydrogens is 204 g/mol. The van der Waals surface area contributed by atoms with Crippen LogP contribution in [0.4, 0.5) is 0 Å². The molecule has 0 aromatic heterocycles. The molecule has 0 saturated carbocycles. The van der Waals surface area contributed by atoms with Crippen molar-refractivity contribution in [2.24, 2.45) is 11.7 Å². The van der Waals surface area contributed by atoms with Gasteiger partial charge in [0.05, 0.1) is 19.2 Å². The molecule has 2 heterocycles. The van der Waals surface area contributed by atoms with E-state index in [-0.39, 0.29) is 24.1 Å². The topological polar surface area (TPSA) is 58.9 Å². The van der Waals surface area contributed by atoms with Crippen LogP contribution in [0.2, 0.25) is 0 Å². The molecule has 2 saturated heterocycles. The van der Waals surface area contributed by atoms with Crippen molar-refractivity contribution in [3.63, 3.8) is 0 Å². The Morgan fingerprint density at radius 2 is 2.31 bits per heavy atom. The molecule has 0 aromatic rings. The van der Waals surface area contributed by atoms with E-state index in [9.17, 15) is 4.79 Å². The van der Waals surface area contributed by atoms with Crippen molar-refractivity contribution in [1.29, 1.82) is 0 Å². The Morgan fingerprint density at radius 3 is 2.81 bits per heavy atom. The molecule has 2 aliphatic rings. The van der Waals surface area contributed by atoms with Crippen molar-refractivity contribution in [1.82, 2.24) is 4.90 Å². The van der Waals surface area contributed by atoms with Crippen molar-refractivity contribution >= 4 is 5.91 Å². The number of likely N-dealkylation sites (tertiary alicyclic amines) is 1. The molecule has 16 heavy (non-hydrogen) atoms. The van der Waals surface area contributed by atoms with Crippen LogP contribution in [0.3, 0.4) is 0 Å². The SMILES string of the molecule is CCC[C@@H]1CCN(C(=O)CN)[C@@H]1C1(C)CO1. The maximum absolute atomic E-state index is 11.8. The predicted octanol–water partition coefficient (Wildman–Crippen LogP) is 0.751. The lowest BCUT2D eigenvalue weighted by atomic mass is 9.87. The highest BCUT2D eigenvalue weighted by molar-refractivity contribution is 5.79. The number of carbonyl (C=O) groups excluding carboxylic acids is 1. The van der Waals surface area contributed by atoms with E-state index in [2.05, 4.69) is 13.8 Å². The number of amides is 1. The Kier molecular flexibility index (Phi) is 3.22. The standard InChI is InChI=1S/C12H22N2O2/c1-3-4-9-5-6-14(10(15)7-13)11(9)12(2)8-16-12/h9,11H,3-8,13H2,1-2H3/t9-,11+,12?/m1/s1. The van der Waals surface area contributed by atoms with Gasteiger partial charge in [0.2, 0.25) is 5.91 Å². The van der Waals surface area contributed by atoms with Gasteiger partial charge in [0.15, 0.2) is 0 Å². The smallest absolute Gasteiger partial charge is 0.236 e. The Labute approximate surface area is 97.1 Å². The van der Waals surface area contributed by atoms with Crippen LogP contribution in [0.1, 0.15) is 33.1 Å². The van der Waals surface area contributed by atoms with Crippen molar-refractivity contribution < 1.29 is 9.53 Å². The number of nitrogens with two attached hydrogens (primary N) is 1. The third kappa shape index (κ3) is 1.96. The molecule has 1 unspecified atom stereocenters. The van der Waals surface area contributed by atoms with Crippen molar-refractivity contribution in [3.8, 4) is 0 Å². The van der Waals surface area contributed by atoms with E-state index in [4.69, 9.17) is 10.5 Å². The lowest BCUT2D eigenvalue weighted by Crippen LogP contribution is -2.48. The molecule has 2 fully saturated rings. The molecule has 4 nitrogen and oxygen atoms in total. The fraction of sp³-hybridized carbons (Fsp3) is 0.917. The number of hydrogen-bond acceptors (Lipinski definition) is 3. The number of carbonyl (C=O) groups is 1. The number of epoxide rings is 1. The fourth-order valence-electron chi connectivity index (χ4n) is 3.04. The van der Waals surface area contributed by atoms with Crippen LogP contribution in [0.5, 0.6) is 0 Å². The van der Waals surface area contributed by atoms with Gasteiger partial charge in [-0.25, -0.2) is 0 Å². The summed E-state index contributed by atoms with van der Waals surface area (Å²) in [5.74, 6) is 0.660. The number of ether oxygens (including phenoxy) is 1. The first-order chi connectivity index (χ1) is 7.62. The second-order valence-corrected chi connectivity index (χ2v) is 5.17. The normalized spacial score (nSPS) is 37.8. The number of hydrogen-bond donors (Lipinski definition) is 1. The van der Waals surface area contributed by atoms with E-state index in [0.717, 1.165) is 19.6 Å². The molecule has 1 amide bonds. The maximum atomic E-state index is 11.8. The van der Waals surface area contributed by atoms with Crippen LogP contribution in [-0.2, 0) is 9.53 Å². The number of rotatable bonds is 4. The minimum atomic E-state index is -0.0961. The average molecular weight is 226 g/mol. The summed E-state index contributed by atoms with van der Waals surface area (Å²) < 4.78 is 5.55. The van der Waals surface area contributed by atoms with Crippen molar-refractivity contribution in [2.75, 3.05) is 19.7 Å². The van der Waals surface area contributed by atoms with Gasteiger partial charge in [0, 0.05) is 6.54 Å². The van der Waals surface area contributed by atoms with Gasteiger partial charge in [0.25, 0.3) is 0 Å². The highest BCUT2D eigenvalue weighted by Gasteiger charge is 2.55. The lowest BCUT2D eigenvalue weighted by Gasteiger charge is -2.31. The summed E-state index contributed by atoms with van der Waals surface area (Å²) in [5.41, 5.74) is 5.37. The van der Waals surface area contributed by atoms with Gasteiger partial charge >= 0.3 is 0 Å². The van der Waals surface area contributed by atoms with Gasteiger partial charge < -0.3 is 15.4 Å². The van der Waals surface area contributed by atoms with Crippen LogP contribution in [-0.4, -0.2) is 42.1 Å². The zero-order valence-electron chi connectivity index (χ0n) is 10.2. The van der Waals surface area contributed by atoms with Crippen LogP contribution in [0, 0.1) is 5.92 Å². The second-order valence-electron chi connectivity index (χ2n) is 5.17. The molecule has 0 bridgehead atoms. The molecule has 2 rings (SSSR count). The first kappa shape index (κ1) is 11.9. The first-order valence-electron chi connectivity index (χ1n) is 6.26. The zero-order valence-corrected chi connectivity index (χ0v) is 10.2. The summed E-state index contributed by atoms with van der Waals surface area (Å²) in [7, 11) is 0. The number of nitrogens with zero attached hydrogens (tertiary/aromatic N) is 1. The van der Waals surface area contributed by atoms with Gasteiger partial charge in [-0.3, -0.25) is 4.79 Å². The van der Waals surface area contributed by atoms with Gasteiger partial charge in [-0.2, -0.15) is 0 Å². The van der Waals surface area contributed by atoms with E-state index in [1.165, 1.54) is 12.8 Å². The summed E-state index contributed by atoms with van der Waals surface area (Å²) >= 11 is 0. The Hall–Kier alpha value is -0.610. The molecule has 0 aromatic carbocycles. The van der Waals surface area contributed by atoms with Crippen LogP contribution in [0.15, 0.2) is 0 Å². The molecule has 0 spiro atoms. The second kappa shape index (κ2) is 4.34. The first-order valence-corrected chi connectivity index (χ1v) is 6.26. The molecule has 0 radical (unpaired) electrons. The molecule has 3 atom stereocenters. The minimum absolute atomic E-state index is 0.0697. The molecule has 4 heteroatoms. The Morgan fingerprint density at radius 1 is 1.62 bits per heavy atom. The van der Waals surface area contributed by atoms with E-state index in [1.807, 2.05) is 4.90 Å². The molecule has 0 aliphatic carbocycles. The van der Waals surface area contributed by atoms with Crippen molar-refractivity contribution in [3.05, 3.63) is 0 Å². The highest BCUT2D eigenvalue weighted by atomic mass is 16.6. The molecule has 2 aliphatic heterocycles. The summed E-state index contributed by atoms with van der Waals surface area (Å²) in [6.07, 6.45) is 3.45. The Bertz CT molecular complexity index is 276. The van der Waals surface area contributed by atoms with Crippen LogP contribution >= 0.6 is 0 Å². The van der Waals surface area contributed by atoms with Gasteiger partial charge in [-0.05, 0) is 25.7 Å². The average Bonchev–Trinajstić information content (AvgIpc) is 2.87. The molecule has 92 valence electrons. The highest BCUT2D eigenvalue weighted by Crippen LogP contribution is 2.43. The fourth-order valence-corrected chi connectivity index (χ4v) is 3.04.